The summed E-state index contributed by atoms with van der Waals surface area (Å²) in [5.41, 5.74) is 8.13. The van der Waals surface area contributed by atoms with Crippen LogP contribution in [0.2, 0.25) is 0 Å². The summed E-state index contributed by atoms with van der Waals surface area (Å²) in [5, 5.41) is 7.16. The summed E-state index contributed by atoms with van der Waals surface area (Å²) < 4.78 is 1.02. The lowest BCUT2D eigenvalue weighted by Gasteiger charge is -2.37. The highest BCUT2D eigenvalue weighted by atomic mass is 79.9. The minimum atomic E-state index is -0.0109. The minimum absolute atomic E-state index is 0.0109. The average molecular weight is 377 g/mol. The number of aromatic nitrogens is 2. The number of aromatic amines is 1. The first-order valence-electron chi connectivity index (χ1n) is 7.91. The van der Waals surface area contributed by atoms with E-state index in [9.17, 15) is 4.79 Å². The van der Waals surface area contributed by atoms with Crippen molar-refractivity contribution in [1.29, 1.82) is 0 Å². The number of nitrogens with one attached hydrogen (secondary N) is 1. The Morgan fingerprint density at radius 2 is 2.17 bits per heavy atom. The molecule has 0 saturated carbocycles. The first-order chi connectivity index (χ1) is 11.1. The number of nitrogens with two attached hydrogens (primary N) is 1. The van der Waals surface area contributed by atoms with Crippen molar-refractivity contribution in [2.24, 2.45) is 11.7 Å². The molecule has 0 spiro atoms. The number of amides is 1. The summed E-state index contributed by atoms with van der Waals surface area (Å²) in [4.78, 5) is 14.7. The van der Waals surface area contributed by atoms with Gasteiger partial charge in [0.05, 0.1) is 5.69 Å². The topological polar surface area (TPSA) is 75.0 Å². The van der Waals surface area contributed by atoms with Crippen LogP contribution < -0.4 is 5.73 Å². The van der Waals surface area contributed by atoms with Crippen LogP contribution in [0.1, 0.15) is 30.3 Å². The van der Waals surface area contributed by atoms with Crippen LogP contribution in [-0.2, 0) is 0 Å². The molecule has 1 amide bonds. The zero-order valence-corrected chi connectivity index (χ0v) is 14.7. The molecule has 1 saturated heterocycles. The molecule has 2 atom stereocenters. The van der Waals surface area contributed by atoms with Gasteiger partial charge in [0.1, 0.15) is 5.69 Å². The van der Waals surface area contributed by atoms with Crippen LogP contribution >= 0.6 is 15.9 Å². The van der Waals surface area contributed by atoms with E-state index in [1.54, 1.807) is 0 Å². The van der Waals surface area contributed by atoms with Gasteiger partial charge in [0.2, 0.25) is 0 Å². The maximum Gasteiger partial charge on any atom is 0.272 e. The van der Waals surface area contributed by atoms with Crippen LogP contribution in [0.4, 0.5) is 0 Å². The van der Waals surface area contributed by atoms with Gasteiger partial charge in [-0.2, -0.15) is 5.10 Å². The maximum absolute atomic E-state index is 12.8. The number of rotatable bonds is 3. The number of carbonyl (C=O) groups is 1. The molecule has 0 bridgehead atoms. The average Bonchev–Trinajstić information content (AvgIpc) is 3.04. The van der Waals surface area contributed by atoms with E-state index in [0.717, 1.165) is 35.1 Å². The zero-order chi connectivity index (χ0) is 16.4. The number of hydrogen-bond donors (Lipinski definition) is 2. The molecule has 2 heterocycles. The van der Waals surface area contributed by atoms with Crippen LogP contribution in [-0.4, -0.2) is 40.1 Å². The fourth-order valence-corrected chi connectivity index (χ4v) is 3.36. The number of likely N-dealkylation sites (tertiary alicyclic amines) is 1. The van der Waals surface area contributed by atoms with Gasteiger partial charge in [0, 0.05) is 29.2 Å². The molecule has 3 N–H and O–H groups in total. The Labute approximate surface area is 144 Å². The predicted octanol–water partition coefficient (Wildman–Crippen LogP) is 3.04. The molecule has 2 unspecified atom stereocenters. The molecule has 1 fully saturated rings. The summed E-state index contributed by atoms with van der Waals surface area (Å²) in [6.07, 6.45) is 1.99. The second-order valence-electron chi connectivity index (χ2n) is 6.19. The van der Waals surface area contributed by atoms with E-state index >= 15 is 0 Å². The van der Waals surface area contributed by atoms with Gasteiger partial charge in [-0.3, -0.25) is 9.89 Å². The van der Waals surface area contributed by atoms with Crippen LogP contribution in [0, 0.1) is 5.92 Å². The first-order valence-corrected chi connectivity index (χ1v) is 8.70. The normalized spacial score (nSPS) is 21.4. The van der Waals surface area contributed by atoms with Crippen molar-refractivity contribution in [3.8, 4) is 11.3 Å². The number of piperidine rings is 1. The maximum atomic E-state index is 12.8. The van der Waals surface area contributed by atoms with E-state index in [1.807, 2.05) is 35.2 Å². The van der Waals surface area contributed by atoms with Gasteiger partial charge in [0.15, 0.2) is 0 Å². The fraction of sp³-hybridized carbons (Fsp3) is 0.412. The molecule has 6 heteroatoms. The van der Waals surface area contributed by atoms with E-state index in [-0.39, 0.29) is 11.9 Å². The summed E-state index contributed by atoms with van der Waals surface area (Å²) in [5.74, 6) is 0.607. The van der Waals surface area contributed by atoms with Crippen molar-refractivity contribution in [2.45, 2.75) is 25.8 Å². The summed E-state index contributed by atoms with van der Waals surface area (Å²) >= 11 is 3.42. The molecule has 1 aliphatic heterocycles. The number of carbonyl (C=O) groups excluding carboxylic acids is 1. The Morgan fingerprint density at radius 3 is 2.87 bits per heavy atom. The van der Waals surface area contributed by atoms with E-state index < -0.39 is 0 Å². The highest BCUT2D eigenvalue weighted by molar-refractivity contribution is 9.10. The van der Waals surface area contributed by atoms with Crippen molar-refractivity contribution >= 4 is 21.8 Å². The smallest absolute Gasteiger partial charge is 0.272 e. The molecule has 1 aromatic heterocycles. The molecule has 122 valence electrons. The van der Waals surface area contributed by atoms with E-state index in [2.05, 4.69) is 33.1 Å². The third kappa shape index (κ3) is 3.48. The van der Waals surface area contributed by atoms with Gasteiger partial charge < -0.3 is 10.6 Å². The highest BCUT2D eigenvalue weighted by Gasteiger charge is 2.30. The Hall–Kier alpha value is -1.66. The van der Waals surface area contributed by atoms with E-state index in [4.69, 9.17) is 5.73 Å². The molecule has 3 rings (SSSR count). The second kappa shape index (κ2) is 6.84. The molecule has 2 aromatic rings. The number of H-pyrrole nitrogens is 1. The number of hydrogen-bond acceptors (Lipinski definition) is 3. The van der Waals surface area contributed by atoms with Crippen molar-refractivity contribution in [2.75, 3.05) is 13.1 Å². The molecule has 5 nitrogen and oxygen atoms in total. The molecular weight excluding hydrogens is 356 g/mol. The van der Waals surface area contributed by atoms with Crippen molar-refractivity contribution in [3.05, 3.63) is 40.5 Å². The molecule has 1 aliphatic rings. The Morgan fingerprint density at radius 1 is 1.43 bits per heavy atom. The summed E-state index contributed by atoms with van der Waals surface area (Å²) in [7, 11) is 0. The molecule has 23 heavy (non-hydrogen) atoms. The van der Waals surface area contributed by atoms with Gasteiger partial charge in [-0.05, 0) is 37.0 Å². The monoisotopic (exact) mass is 376 g/mol. The second-order valence-corrected chi connectivity index (χ2v) is 7.11. The van der Waals surface area contributed by atoms with Gasteiger partial charge in [-0.1, -0.05) is 35.0 Å². The summed E-state index contributed by atoms with van der Waals surface area (Å²) in [6, 6.07) is 9.80. The SMILES string of the molecule is CC1CCN(C(=O)c2cc(-c3ccc(Br)cc3)n[nH]2)C(CN)C1. The van der Waals surface area contributed by atoms with Crippen molar-refractivity contribution in [3.63, 3.8) is 0 Å². The van der Waals surface area contributed by atoms with E-state index in [0.29, 0.717) is 18.2 Å². The first kappa shape index (κ1) is 16.2. The number of halogens is 1. The van der Waals surface area contributed by atoms with Crippen LogP contribution in [0.25, 0.3) is 11.3 Å². The lowest BCUT2D eigenvalue weighted by atomic mass is 9.92. The minimum Gasteiger partial charge on any atom is -0.333 e. The summed E-state index contributed by atoms with van der Waals surface area (Å²) in [6.45, 7) is 3.48. The predicted molar refractivity (Wildman–Crippen MR) is 94.0 cm³/mol. The third-order valence-corrected chi connectivity index (χ3v) is 4.99. The van der Waals surface area contributed by atoms with Crippen molar-refractivity contribution < 1.29 is 4.79 Å². The fourth-order valence-electron chi connectivity index (χ4n) is 3.10. The number of nitrogens with zero attached hydrogens (tertiary/aromatic N) is 2. The quantitative estimate of drug-likeness (QED) is 0.864. The molecule has 1 aromatic carbocycles. The highest BCUT2D eigenvalue weighted by Crippen LogP contribution is 2.25. The van der Waals surface area contributed by atoms with Gasteiger partial charge in [0.25, 0.3) is 5.91 Å². The zero-order valence-electron chi connectivity index (χ0n) is 13.1. The largest absolute Gasteiger partial charge is 0.333 e. The Kier molecular flexibility index (Phi) is 4.82. The number of benzene rings is 1. The Bertz CT molecular complexity index is 682. The van der Waals surface area contributed by atoms with Crippen LogP contribution in [0.3, 0.4) is 0 Å². The van der Waals surface area contributed by atoms with Crippen LogP contribution in [0.15, 0.2) is 34.8 Å². The van der Waals surface area contributed by atoms with Crippen LogP contribution in [0.5, 0.6) is 0 Å². The van der Waals surface area contributed by atoms with Gasteiger partial charge in [-0.15, -0.1) is 0 Å². The van der Waals surface area contributed by atoms with Crippen molar-refractivity contribution in [1.82, 2.24) is 15.1 Å². The van der Waals surface area contributed by atoms with Gasteiger partial charge >= 0.3 is 0 Å². The molecule has 0 radical (unpaired) electrons. The van der Waals surface area contributed by atoms with Gasteiger partial charge in [-0.25, -0.2) is 0 Å². The standard InChI is InChI=1S/C17H21BrN4O/c1-11-6-7-22(14(8-11)10-19)17(23)16-9-15(20-21-16)12-2-4-13(18)5-3-12/h2-5,9,11,14H,6-8,10,19H2,1H3,(H,20,21). The third-order valence-electron chi connectivity index (χ3n) is 4.46. The Balaban J connectivity index is 1.79. The van der Waals surface area contributed by atoms with E-state index in [1.165, 1.54) is 0 Å². The lowest BCUT2D eigenvalue weighted by Crippen LogP contribution is -2.49. The lowest BCUT2D eigenvalue weighted by molar-refractivity contribution is 0.0567. The molecular formula is C17H21BrN4O. The molecule has 0 aliphatic carbocycles.